The third-order valence-electron chi connectivity index (χ3n) is 6.27. The van der Waals surface area contributed by atoms with E-state index in [2.05, 4.69) is 34.5 Å². The average Bonchev–Trinajstić information content (AvgIpc) is 3.54. The van der Waals surface area contributed by atoms with Gasteiger partial charge in [-0.2, -0.15) is 0 Å². The number of benzene rings is 2. The van der Waals surface area contributed by atoms with Crippen LogP contribution in [-0.2, 0) is 16.1 Å². The predicted molar refractivity (Wildman–Crippen MR) is 115 cm³/mol. The van der Waals surface area contributed by atoms with Gasteiger partial charge in [0.1, 0.15) is 5.41 Å². The Kier molecular flexibility index (Phi) is 5.41. The van der Waals surface area contributed by atoms with Crippen molar-refractivity contribution in [3.8, 4) is 0 Å². The number of rotatable bonds is 5. The molecule has 2 fully saturated rings. The van der Waals surface area contributed by atoms with Crippen LogP contribution in [0.4, 0.5) is 5.69 Å². The van der Waals surface area contributed by atoms with Crippen molar-refractivity contribution in [1.82, 2.24) is 9.80 Å². The van der Waals surface area contributed by atoms with Crippen molar-refractivity contribution < 1.29 is 9.59 Å². The van der Waals surface area contributed by atoms with Crippen LogP contribution in [0, 0.1) is 19.3 Å². The van der Waals surface area contributed by atoms with Gasteiger partial charge in [-0.15, -0.1) is 0 Å². The number of aryl methyl sites for hydroxylation is 2. The molecule has 4 rings (SSSR count). The number of amides is 2. The van der Waals surface area contributed by atoms with E-state index in [-0.39, 0.29) is 11.8 Å². The molecule has 0 spiro atoms. The zero-order valence-electron chi connectivity index (χ0n) is 17.3. The summed E-state index contributed by atoms with van der Waals surface area (Å²) in [6.45, 7) is 8.03. The number of carbonyl (C=O) groups excluding carboxylic acids is 2. The third kappa shape index (κ3) is 4.20. The quantitative estimate of drug-likeness (QED) is 0.795. The van der Waals surface area contributed by atoms with E-state index in [1.807, 2.05) is 43.0 Å². The lowest BCUT2D eigenvalue weighted by Gasteiger charge is -2.36. The van der Waals surface area contributed by atoms with E-state index in [9.17, 15) is 9.59 Å². The molecule has 2 aromatic rings. The zero-order chi connectivity index (χ0) is 20.4. The zero-order valence-corrected chi connectivity index (χ0v) is 17.3. The van der Waals surface area contributed by atoms with E-state index < -0.39 is 5.41 Å². The molecule has 0 aromatic heterocycles. The molecule has 152 valence electrons. The molecule has 2 aromatic carbocycles. The van der Waals surface area contributed by atoms with Crippen LogP contribution in [-0.4, -0.2) is 47.8 Å². The highest BCUT2D eigenvalue weighted by Crippen LogP contribution is 2.48. The highest BCUT2D eigenvalue weighted by Gasteiger charge is 2.58. The molecule has 0 unspecified atom stereocenters. The fourth-order valence-corrected chi connectivity index (χ4v) is 3.99. The Hall–Kier alpha value is -2.66. The van der Waals surface area contributed by atoms with Crippen LogP contribution in [0.3, 0.4) is 0 Å². The van der Waals surface area contributed by atoms with Gasteiger partial charge in [-0.25, -0.2) is 0 Å². The Balaban J connectivity index is 1.34. The molecule has 0 radical (unpaired) electrons. The van der Waals surface area contributed by atoms with Crippen LogP contribution in [0.15, 0.2) is 48.5 Å². The highest BCUT2D eigenvalue weighted by molar-refractivity contribution is 6.13. The third-order valence-corrected chi connectivity index (χ3v) is 6.27. The Labute approximate surface area is 172 Å². The average molecular weight is 392 g/mol. The fraction of sp³-hybridized carbons (Fsp3) is 0.417. The molecule has 0 atom stereocenters. The summed E-state index contributed by atoms with van der Waals surface area (Å²) in [6, 6.07) is 16.3. The maximum atomic E-state index is 13.1. The monoisotopic (exact) mass is 391 g/mol. The molecule has 1 aliphatic heterocycles. The van der Waals surface area contributed by atoms with E-state index in [1.165, 1.54) is 11.1 Å². The first-order valence-corrected chi connectivity index (χ1v) is 10.4. The Morgan fingerprint density at radius 1 is 0.931 bits per heavy atom. The number of hydrogen-bond acceptors (Lipinski definition) is 3. The van der Waals surface area contributed by atoms with Gasteiger partial charge < -0.3 is 10.2 Å². The summed E-state index contributed by atoms with van der Waals surface area (Å²) in [4.78, 5) is 30.3. The van der Waals surface area contributed by atoms with E-state index in [4.69, 9.17) is 0 Å². The van der Waals surface area contributed by atoms with Crippen LogP contribution in [0.1, 0.15) is 29.5 Å². The smallest absolute Gasteiger partial charge is 0.240 e. The van der Waals surface area contributed by atoms with Crippen molar-refractivity contribution in [3.05, 3.63) is 65.2 Å². The number of piperazine rings is 1. The summed E-state index contributed by atoms with van der Waals surface area (Å²) >= 11 is 0. The summed E-state index contributed by atoms with van der Waals surface area (Å²) in [5, 5.41) is 2.98. The largest absolute Gasteiger partial charge is 0.339 e. The second-order valence-electron chi connectivity index (χ2n) is 8.39. The first kappa shape index (κ1) is 19.6. The van der Waals surface area contributed by atoms with E-state index in [0.29, 0.717) is 25.9 Å². The first-order chi connectivity index (χ1) is 14.0. The van der Waals surface area contributed by atoms with Crippen molar-refractivity contribution in [2.45, 2.75) is 33.2 Å². The highest BCUT2D eigenvalue weighted by atomic mass is 16.2. The predicted octanol–water partition coefficient (Wildman–Crippen LogP) is 3.37. The molecule has 1 saturated heterocycles. The Morgan fingerprint density at radius 2 is 1.62 bits per heavy atom. The molecule has 0 bridgehead atoms. The minimum atomic E-state index is -0.861. The summed E-state index contributed by atoms with van der Waals surface area (Å²) in [5.41, 5.74) is 3.52. The summed E-state index contributed by atoms with van der Waals surface area (Å²) in [5.74, 6) is -0.157. The van der Waals surface area contributed by atoms with Crippen LogP contribution < -0.4 is 5.32 Å². The molecule has 2 aliphatic rings. The topological polar surface area (TPSA) is 52.7 Å². The Morgan fingerprint density at radius 3 is 2.24 bits per heavy atom. The molecule has 5 nitrogen and oxygen atoms in total. The molecular weight excluding hydrogens is 362 g/mol. The second kappa shape index (κ2) is 7.99. The minimum Gasteiger partial charge on any atom is -0.339 e. The maximum absolute atomic E-state index is 13.1. The lowest BCUT2D eigenvalue weighted by Crippen LogP contribution is -2.52. The fourth-order valence-electron chi connectivity index (χ4n) is 3.99. The van der Waals surface area contributed by atoms with Crippen molar-refractivity contribution in [2.24, 2.45) is 5.41 Å². The van der Waals surface area contributed by atoms with Gasteiger partial charge in [0, 0.05) is 38.4 Å². The summed E-state index contributed by atoms with van der Waals surface area (Å²) < 4.78 is 0. The number of carbonyl (C=O) groups is 2. The molecular formula is C24H29N3O2. The van der Waals surface area contributed by atoms with E-state index in [1.54, 1.807) is 0 Å². The first-order valence-electron chi connectivity index (χ1n) is 10.4. The second-order valence-corrected chi connectivity index (χ2v) is 8.39. The number of hydrogen-bond donors (Lipinski definition) is 1. The van der Waals surface area contributed by atoms with Gasteiger partial charge in [-0.3, -0.25) is 14.5 Å². The normalized spacial score (nSPS) is 18.3. The molecule has 1 N–H and O–H groups in total. The Bertz CT molecular complexity index is 898. The van der Waals surface area contributed by atoms with Gasteiger partial charge in [0.2, 0.25) is 11.8 Å². The SMILES string of the molecule is Cc1ccc(NC(=O)C2(C(=O)N3CCN(Cc4ccccc4)CC3)CC2)cc1C. The van der Waals surface area contributed by atoms with Crippen LogP contribution in [0.2, 0.25) is 0 Å². The lowest BCUT2D eigenvalue weighted by atomic mass is 10.0. The number of nitrogens with one attached hydrogen (secondary N) is 1. The molecule has 29 heavy (non-hydrogen) atoms. The summed E-state index contributed by atoms with van der Waals surface area (Å²) in [7, 11) is 0. The van der Waals surface area contributed by atoms with Gasteiger partial charge in [-0.05, 0) is 55.5 Å². The van der Waals surface area contributed by atoms with Crippen LogP contribution in [0.25, 0.3) is 0 Å². The lowest BCUT2D eigenvalue weighted by molar-refractivity contribution is -0.143. The van der Waals surface area contributed by atoms with Crippen molar-refractivity contribution in [2.75, 3.05) is 31.5 Å². The molecule has 2 amide bonds. The van der Waals surface area contributed by atoms with E-state index in [0.717, 1.165) is 30.9 Å². The van der Waals surface area contributed by atoms with E-state index >= 15 is 0 Å². The molecule has 1 aliphatic carbocycles. The van der Waals surface area contributed by atoms with Gasteiger partial charge in [-0.1, -0.05) is 36.4 Å². The van der Waals surface area contributed by atoms with Crippen molar-refractivity contribution in [3.63, 3.8) is 0 Å². The van der Waals surface area contributed by atoms with Crippen LogP contribution >= 0.6 is 0 Å². The maximum Gasteiger partial charge on any atom is 0.240 e. The van der Waals surface area contributed by atoms with Gasteiger partial charge in [0.05, 0.1) is 0 Å². The van der Waals surface area contributed by atoms with Gasteiger partial charge in [0.25, 0.3) is 0 Å². The summed E-state index contributed by atoms with van der Waals surface area (Å²) in [6.07, 6.45) is 1.29. The minimum absolute atomic E-state index is 0.00167. The standard InChI is InChI=1S/C24H29N3O2/c1-18-8-9-21(16-19(18)2)25-22(28)24(10-11-24)23(29)27-14-12-26(13-15-27)17-20-6-4-3-5-7-20/h3-9,16H,10-15,17H2,1-2H3,(H,25,28). The van der Waals surface area contributed by atoms with Crippen LogP contribution in [0.5, 0.6) is 0 Å². The molecule has 5 heteroatoms. The van der Waals surface area contributed by atoms with Crippen molar-refractivity contribution >= 4 is 17.5 Å². The number of anilines is 1. The van der Waals surface area contributed by atoms with Crippen molar-refractivity contribution in [1.29, 1.82) is 0 Å². The molecule has 1 heterocycles. The number of nitrogens with zero attached hydrogens (tertiary/aromatic N) is 2. The molecule has 1 saturated carbocycles. The van der Waals surface area contributed by atoms with Gasteiger partial charge in [0.15, 0.2) is 0 Å². The van der Waals surface area contributed by atoms with Gasteiger partial charge >= 0.3 is 0 Å².